The second kappa shape index (κ2) is 8.83. The number of rotatable bonds is 6. The third kappa shape index (κ3) is 4.64. The summed E-state index contributed by atoms with van der Waals surface area (Å²) in [5.41, 5.74) is 5.50. The van der Waals surface area contributed by atoms with E-state index in [9.17, 15) is 4.79 Å². The number of benzene rings is 3. The van der Waals surface area contributed by atoms with Crippen LogP contribution in [0.4, 0.5) is 5.69 Å². The molecule has 4 rings (SSSR count). The Balaban J connectivity index is 1.41. The molecular weight excluding hydrogens is 388 g/mol. The maximum atomic E-state index is 12.5. The second-order valence-corrected chi connectivity index (χ2v) is 7.55. The van der Waals surface area contributed by atoms with Gasteiger partial charge < -0.3 is 14.6 Å². The molecule has 1 amide bonds. The van der Waals surface area contributed by atoms with E-state index >= 15 is 0 Å². The molecule has 0 atom stereocenters. The summed E-state index contributed by atoms with van der Waals surface area (Å²) in [6.07, 6.45) is 0. The van der Waals surface area contributed by atoms with Gasteiger partial charge in [0, 0.05) is 43.0 Å². The first-order chi connectivity index (χ1) is 15.0. The summed E-state index contributed by atoms with van der Waals surface area (Å²) in [4.78, 5) is 14.5. The highest BCUT2D eigenvalue weighted by atomic mass is 16.4. The maximum absolute atomic E-state index is 12.5. The van der Waals surface area contributed by atoms with E-state index in [1.54, 1.807) is 12.1 Å². The molecule has 1 N–H and O–H groups in total. The van der Waals surface area contributed by atoms with Gasteiger partial charge in [0.2, 0.25) is 11.8 Å². The van der Waals surface area contributed by atoms with Crippen molar-refractivity contribution < 1.29 is 9.21 Å². The number of hydrogen-bond acceptors (Lipinski definition) is 5. The Kier molecular flexibility index (Phi) is 5.80. The highest BCUT2D eigenvalue weighted by molar-refractivity contribution is 5.94. The van der Waals surface area contributed by atoms with E-state index in [2.05, 4.69) is 15.5 Å². The van der Waals surface area contributed by atoms with Gasteiger partial charge in [-0.15, -0.1) is 10.2 Å². The minimum Gasteiger partial charge on any atom is -0.416 e. The molecule has 0 bridgehead atoms. The third-order valence-electron chi connectivity index (χ3n) is 5.10. The quantitative estimate of drug-likeness (QED) is 0.497. The van der Waals surface area contributed by atoms with Crippen LogP contribution in [0.15, 0.2) is 77.2 Å². The molecule has 0 radical (unpaired) electrons. The van der Waals surface area contributed by atoms with Crippen LogP contribution in [0.3, 0.4) is 0 Å². The largest absolute Gasteiger partial charge is 0.416 e. The fourth-order valence-corrected chi connectivity index (χ4v) is 3.22. The minimum absolute atomic E-state index is 0.130. The Labute approximate surface area is 181 Å². The van der Waals surface area contributed by atoms with Crippen molar-refractivity contribution in [2.24, 2.45) is 0 Å². The first-order valence-electron chi connectivity index (χ1n) is 10.1. The van der Waals surface area contributed by atoms with Crippen molar-refractivity contribution in [2.75, 3.05) is 19.0 Å². The molecule has 0 saturated heterocycles. The second-order valence-electron chi connectivity index (χ2n) is 7.55. The minimum atomic E-state index is -0.130. The zero-order chi connectivity index (χ0) is 21.8. The molecule has 6 heteroatoms. The molecule has 0 aliphatic heterocycles. The lowest BCUT2D eigenvalue weighted by atomic mass is 10.1. The highest BCUT2D eigenvalue weighted by Crippen LogP contribution is 2.26. The molecule has 0 saturated carbocycles. The van der Waals surface area contributed by atoms with Crippen molar-refractivity contribution in [3.05, 3.63) is 89.5 Å². The number of amides is 1. The summed E-state index contributed by atoms with van der Waals surface area (Å²) in [6, 6.07) is 23.1. The zero-order valence-electron chi connectivity index (χ0n) is 17.8. The summed E-state index contributed by atoms with van der Waals surface area (Å²) in [7, 11) is 4.00. The molecular formula is C25H24N4O2. The zero-order valence-corrected chi connectivity index (χ0v) is 17.8. The molecule has 0 aliphatic carbocycles. The maximum Gasteiger partial charge on any atom is 0.251 e. The van der Waals surface area contributed by atoms with Crippen molar-refractivity contribution in [1.82, 2.24) is 15.5 Å². The molecule has 0 aliphatic rings. The van der Waals surface area contributed by atoms with Gasteiger partial charge in [-0.25, -0.2) is 0 Å². The Morgan fingerprint density at radius 3 is 2.26 bits per heavy atom. The lowest BCUT2D eigenvalue weighted by Gasteiger charge is -2.13. The number of aromatic nitrogens is 2. The van der Waals surface area contributed by atoms with Gasteiger partial charge in [-0.1, -0.05) is 30.3 Å². The number of nitrogens with one attached hydrogen (secondary N) is 1. The molecule has 1 aromatic heterocycles. The van der Waals surface area contributed by atoms with Crippen LogP contribution in [0, 0.1) is 6.92 Å². The Morgan fingerprint density at radius 1 is 0.903 bits per heavy atom. The third-order valence-corrected chi connectivity index (χ3v) is 5.10. The van der Waals surface area contributed by atoms with Crippen molar-refractivity contribution >= 4 is 11.6 Å². The normalized spacial score (nSPS) is 10.7. The van der Waals surface area contributed by atoms with E-state index in [-0.39, 0.29) is 5.91 Å². The fourth-order valence-electron chi connectivity index (χ4n) is 3.22. The van der Waals surface area contributed by atoms with Gasteiger partial charge >= 0.3 is 0 Å². The van der Waals surface area contributed by atoms with Crippen molar-refractivity contribution in [2.45, 2.75) is 13.5 Å². The predicted molar refractivity (Wildman–Crippen MR) is 122 cm³/mol. The average Bonchev–Trinajstić information content (AvgIpc) is 3.28. The Morgan fingerprint density at radius 2 is 1.58 bits per heavy atom. The first kappa shape index (κ1) is 20.3. The molecule has 31 heavy (non-hydrogen) atoms. The smallest absolute Gasteiger partial charge is 0.251 e. The lowest BCUT2D eigenvalue weighted by molar-refractivity contribution is 0.0951. The van der Waals surface area contributed by atoms with Crippen LogP contribution >= 0.6 is 0 Å². The molecule has 0 spiro atoms. The van der Waals surface area contributed by atoms with Crippen LogP contribution < -0.4 is 10.2 Å². The Hall–Kier alpha value is -3.93. The van der Waals surface area contributed by atoms with E-state index in [0.29, 0.717) is 23.9 Å². The van der Waals surface area contributed by atoms with Crippen LogP contribution in [0.2, 0.25) is 0 Å². The number of aryl methyl sites for hydroxylation is 1. The lowest BCUT2D eigenvalue weighted by Crippen LogP contribution is -2.22. The van der Waals surface area contributed by atoms with Crippen molar-refractivity contribution in [1.29, 1.82) is 0 Å². The van der Waals surface area contributed by atoms with E-state index in [1.807, 2.05) is 86.6 Å². The number of hydrogen-bond donors (Lipinski definition) is 1. The molecule has 4 aromatic rings. The van der Waals surface area contributed by atoms with Crippen molar-refractivity contribution in [3.63, 3.8) is 0 Å². The number of nitrogens with zero attached hydrogens (tertiary/aromatic N) is 3. The van der Waals surface area contributed by atoms with Gasteiger partial charge in [0.25, 0.3) is 5.91 Å². The summed E-state index contributed by atoms with van der Waals surface area (Å²) in [5.74, 6) is 0.774. The van der Waals surface area contributed by atoms with Gasteiger partial charge in [0.15, 0.2) is 0 Å². The van der Waals surface area contributed by atoms with E-state index in [4.69, 9.17) is 4.42 Å². The topological polar surface area (TPSA) is 71.3 Å². The average molecular weight is 412 g/mol. The highest BCUT2D eigenvalue weighted by Gasteiger charge is 2.13. The molecule has 0 fully saturated rings. The molecule has 1 heterocycles. The Bertz CT molecular complexity index is 1180. The van der Waals surface area contributed by atoms with Crippen molar-refractivity contribution in [3.8, 4) is 22.9 Å². The first-order valence-corrected chi connectivity index (χ1v) is 10.1. The predicted octanol–water partition coefficient (Wildman–Crippen LogP) is 4.71. The standard InChI is InChI=1S/C25H24N4O2/c1-17-6-4-5-7-22(17)25-28-27-24(31-25)20-12-10-19(11-13-20)23(30)26-16-18-8-14-21(15-9-18)29(2)3/h4-15H,16H2,1-3H3,(H,26,30). The van der Waals surface area contributed by atoms with E-state index in [1.165, 1.54) is 0 Å². The molecule has 3 aromatic carbocycles. The van der Waals surface area contributed by atoms with Gasteiger partial charge in [0.05, 0.1) is 0 Å². The summed E-state index contributed by atoms with van der Waals surface area (Å²) in [6.45, 7) is 2.47. The number of carbonyl (C=O) groups excluding carboxylic acids is 1. The van der Waals surface area contributed by atoms with E-state index in [0.717, 1.165) is 27.9 Å². The van der Waals surface area contributed by atoms with Crippen LogP contribution in [-0.4, -0.2) is 30.2 Å². The molecule has 6 nitrogen and oxygen atoms in total. The summed E-state index contributed by atoms with van der Waals surface area (Å²) < 4.78 is 5.84. The van der Waals surface area contributed by atoms with Gasteiger partial charge in [-0.3, -0.25) is 4.79 Å². The van der Waals surface area contributed by atoms with Crippen LogP contribution in [0.1, 0.15) is 21.5 Å². The molecule has 0 unspecified atom stereocenters. The summed E-state index contributed by atoms with van der Waals surface area (Å²) in [5, 5.41) is 11.3. The van der Waals surface area contributed by atoms with Gasteiger partial charge in [0.1, 0.15) is 0 Å². The van der Waals surface area contributed by atoms with Crippen LogP contribution in [0.25, 0.3) is 22.9 Å². The number of anilines is 1. The summed E-state index contributed by atoms with van der Waals surface area (Å²) >= 11 is 0. The molecule has 156 valence electrons. The van der Waals surface area contributed by atoms with Crippen LogP contribution in [-0.2, 0) is 6.54 Å². The van der Waals surface area contributed by atoms with Gasteiger partial charge in [-0.05, 0) is 60.5 Å². The fraction of sp³-hybridized carbons (Fsp3) is 0.160. The number of carbonyl (C=O) groups is 1. The van der Waals surface area contributed by atoms with Gasteiger partial charge in [-0.2, -0.15) is 0 Å². The van der Waals surface area contributed by atoms with Crippen LogP contribution in [0.5, 0.6) is 0 Å². The van der Waals surface area contributed by atoms with E-state index < -0.39 is 0 Å². The monoisotopic (exact) mass is 412 g/mol. The SMILES string of the molecule is Cc1ccccc1-c1nnc(-c2ccc(C(=O)NCc3ccc(N(C)C)cc3)cc2)o1.